The smallest absolute Gasteiger partial charge is 0.379 e. The highest BCUT2D eigenvalue weighted by atomic mass is 32.2. The number of hydrogen-bond donors (Lipinski definition) is 1. The fourth-order valence-corrected chi connectivity index (χ4v) is 7.82. The van der Waals surface area contributed by atoms with E-state index in [2.05, 4.69) is 6.07 Å². The number of alkyl halides is 3. The molecule has 3 atom stereocenters. The first-order chi connectivity index (χ1) is 21.4. The highest BCUT2D eigenvalue weighted by molar-refractivity contribution is 7.91. The van der Waals surface area contributed by atoms with Crippen molar-refractivity contribution in [2.75, 3.05) is 29.5 Å². The van der Waals surface area contributed by atoms with E-state index in [9.17, 15) is 36.8 Å². The molecule has 2 aromatic carbocycles. The minimum absolute atomic E-state index is 0.0835. The molecule has 0 radical (unpaired) electrons. The van der Waals surface area contributed by atoms with E-state index in [1.54, 1.807) is 4.68 Å². The highest BCUT2D eigenvalue weighted by Gasteiger charge is 2.47. The summed E-state index contributed by atoms with van der Waals surface area (Å²) in [6.07, 6.45) is -0.556. The Hall–Kier alpha value is -3.69. The maximum absolute atomic E-state index is 13.6. The topological polar surface area (TPSA) is 116 Å². The van der Waals surface area contributed by atoms with Crippen LogP contribution in [0.5, 0.6) is 0 Å². The zero-order valence-electron chi connectivity index (χ0n) is 24.7. The van der Waals surface area contributed by atoms with Crippen LogP contribution in [0.3, 0.4) is 0 Å². The van der Waals surface area contributed by atoms with Crippen molar-refractivity contribution >= 4 is 21.3 Å². The van der Waals surface area contributed by atoms with E-state index in [4.69, 9.17) is 5.10 Å². The summed E-state index contributed by atoms with van der Waals surface area (Å²) >= 11 is 0. The van der Waals surface area contributed by atoms with Gasteiger partial charge in [0.25, 0.3) is 0 Å². The second kappa shape index (κ2) is 11.9. The van der Waals surface area contributed by atoms with Gasteiger partial charge in [-0.1, -0.05) is 37.1 Å². The number of benzene rings is 2. The lowest BCUT2D eigenvalue weighted by molar-refractivity contribution is -0.206. The summed E-state index contributed by atoms with van der Waals surface area (Å²) in [6.45, 7) is 0.833. The van der Waals surface area contributed by atoms with Crippen LogP contribution >= 0.6 is 0 Å². The molecule has 12 heteroatoms. The Kier molecular flexibility index (Phi) is 8.29. The van der Waals surface area contributed by atoms with Crippen molar-refractivity contribution in [1.82, 2.24) is 9.78 Å². The van der Waals surface area contributed by atoms with Gasteiger partial charge in [0.2, 0.25) is 0 Å². The van der Waals surface area contributed by atoms with Crippen molar-refractivity contribution < 1.29 is 31.5 Å². The molecule has 0 spiro atoms. The van der Waals surface area contributed by atoms with Crippen LogP contribution in [-0.4, -0.2) is 59.9 Å². The van der Waals surface area contributed by atoms with Gasteiger partial charge in [-0.05, 0) is 61.1 Å². The first kappa shape index (κ1) is 31.3. The Bertz CT molecular complexity index is 1690. The van der Waals surface area contributed by atoms with Gasteiger partial charge in [0.05, 0.1) is 34.4 Å². The number of aliphatic hydroxyl groups excluding tert-OH is 1. The largest absolute Gasteiger partial charge is 0.418 e. The van der Waals surface area contributed by atoms with Crippen LogP contribution in [0, 0.1) is 22.7 Å². The van der Waals surface area contributed by atoms with Gasteiger partial charge in [0.15, 0.2) is 15.9 Å². The number of carbonyl (C=O) groups excluding carboxylic acids is 1. The normalized spacial score (nSPS) is 23.2. The van der Waals surface area contributed by atoms with Crippen molar-refractivity contribution in [1.29, 1.82) is 5.26 Å². The number of halogens is 3. The van der Waals surface area contributed by atoms with Gasteiger partial charge in [-0.2, -0.15) is 23.5 Å². The zero-order valence-corrected chi connectivity index (χ0v) is 25.5. The number of aliphatic hydroxyl groups is 1. The van der Waals surface area contributed by atoms with Crippen LogP contribution in [-0.2, 0) is 14.6 Å². The van der Waals surface area contributed by atoms with Crippen LogP contribution in [0.2, 0.25) is 0 Å². The Morgan fingerprint density at radius 1 is 1.02 bits per heavy atom. The molecule has 2 heterocycles. The number of hydrogen-bond acceptors (Lipinski definition) is 7. The third-order valence-corrected chi connectivity index (χ3v) is 11.2. The van der Waals surface area contributed by atoms with E-state index in [0.29, 0.717) is 25.2 Å². The van der Waals surface area contributed by atoms with Gasteiger partial charge in [0, 0.05) is 48.8 Å². The fraction of sp³-hybridized carbons (Fsp3) is 0.485. The SMILES string of the molecule is N#CC1(CC(=O)[C@@H]2CCCC[C@H]2c2nn(-c3ccc(C(O)C(F)(F)F)cc3)cc2-c2ccc(N3CCS(=O)(=O)CC3)cc2)CC1. The zero-order chi connectivity index (χ0) is 32.0. The summed E-state index contributed by atoms with van der Waals surface area (Å²) in [6, 6.07) is 15.5. The molecule has 45 heavy (non-hydrogen) atoms. The second-order valence-electron chi connectivity index (χ2n) is 12.6. The van der Waals surface area contributed by atoms with Crippen LogP contribution in [0.15, 0.2) is 54.7 Å². The predicted molar refractivity (Wildman–Crippen MR) is 162 cm³/mol. The van der Waals surface area contributed by atoms with Crippen molar-refractivity contribution in [2.24, 2.45) is 11.3 Å². The number of sulfone groups is 1. The number of nitriles is 1. The predicted octanol–water partition coefficient (Wildman–Crippen LogP) is 5.91. The average molecular weight is 641 g/mol. The maximum atomic E-state index is 13.6. The standard InChI is InChI=1S/C33H35F3N4O4S/c34-33(35,36)31(42)23-7-11-25(12-8-23)40-20-28(22-5-9-24(10-6-22)39-15-17-45(43,44)18-16-39)30(38-40)27-4-2-1-3-26(27)29(41)19-32(21-37)13-14-32/h5-12,20,26-27,31,42H,1-4,13-19H2/t26-,27-,31?/m1/s1. The fourth-order valence-electron chi connectivity index (χ4n) is 6.62. The van der Waals surface area contributed by atoms with Gasteiger partial charge in [-0.25, -0.2) is 13.1 Å². The van der Waals surface area contributed by atoms with Crippen molar-refractivity contribution in [3.63, 3.8) is 0 Å². The Balaban J connectivity index is 1.35. The number of nitrogens with zero attached hydrogens (tertiary/aromatic N) is 4. The monoisotopic (exact) mass is 640 g/mol. The van der Waals surface area contributed by atoms with Gasteiger partial charge >= 0.3 is 6.18 Å². The second-order valence-corrected chi connectivity index (χ2v) is 14.9. The summed E-state index contributed by atoms with van der Waals surface area (Å²) in [5, 5.41) is 24.2. The lowest BCUT2D eigenvalue weighted by Crippen LogP contribution is -2.40. The summed E-state index contributed by atoms with van der Waals surface area (Å²) in [7, 11) is -3.02. The highest BCUT2D eigenvalue weighted by Crippen LogP contribution is 2.51. The number of ketones is 1. The first-order valence-corrected chi connectivity index (χ1v) is 17.1. The molecule has 6 rings (SSSR count). The number of aromatic nitrogens is 2. The molecule has 8 nitrogen and oxygen atoms in total. The number of anilines is 1. The van der Waals surface area contributed by atoms with E-state index in [0.717, 1.165) is 54.6 Å². The van der Waals surface area contributed by atoms with E-state index in [1.807, 2.05) is 35.4 Å². The third kappa shape index (κ3) is 6.65. The van der Waals surface area contributed by atoms with E-state index in [1.165, 1.54) is 24.3 Å². The molecule has 3 aliphatic rings. The van der Waals surface area contributed by atoms with Crippen LogP contribution in [0.1, 0.15) is 68.2 Å². The van der Waals surface area contributed by atoms with Gasteiger partial charge in [-0.3, -0.25) is 4.79 Å². The van der Waals surface area contributed by atoms with Gasteiger partial charge in [0.1, 0.15) is 5.78 Å². The van der Waals surface area contributed by atoms with E-state index in [-0.39, 0.29) is 41.1 Å². The molecule has 1 saturated heterocycles. The molecule has 2 saturated carbocycles. The molecule has 1 aromatic heterocycles. The van der Waals surface area contributed by atoms with Gasteiger partial charge < -0.3 is 10.0 Å². The number of carbonyl (C=O) groups is 1. The summed E-state index contributed by atoms with van der Waals surface area (Å²) in [4.78, 5) is 15.7. The summed E-state index contributed by atoms with van der Waals surface area (Å²) in [5.41, 5.74) is 2.96. The van der Waals surface area contributed by atoms with Crippen LogP contribution < -0.4 is 4.90 Å². The molecule has 238 valence electrons. The quantitative estimate of drug-likeness (QED) is 0.326. The molecular formula is C33H35F3N4O4S. The maximum Gasteiger partial charge on any atom is 0.418 e. The van der Waals surface area contributed by atoms with E-state index >= 15 is 0 Å². The Morgan fingerprint density at radius 2 is 1.64 bits per heavy atom. The minimum Gasteiger partial charge on any atom is -0.379 e. The lowest BCUT2D eigenvalue weighted by atomic mass is 9.72. The molecule has 3 fully saturated rings. The first-order valence-electron chi connectivity index (χ1n) is 15.3. The average Bonchev–Trinajstić information content (AvgIpc) is 3.66. The summed E-state index contributed by atoms with van der Waals surface area (Å²) < 4.78 is 64.6. The molecule has 1 unspecified atom stereocenters. The molecule has 0 amide bonds. The molecule has 0 bridgehead atoms. The molecular weight excluding hydrogens is 605 g/mol. The van der Waals surface area contributed by atoms with E-state index < -0.39 is 27.5 Å². The molecule has 1 aliphatic heterocycles. The third-order valence-electron chi connectivity index (χ3n) is 9.55. The minimum atomic E-state index is -4.78. The number of Topliss-reactive ketones (excluding diaryl/α,β-unsaturated/α-hetero) is 1. The lowest BCUT2D eigenvalue weighted by Gasteiger charge is -2.31. The van der Waals surface area contributed by atoms with Crippen molar-refractivity contribution in [3.8, 4) is 22.9 Å². The summed E-state index contributed by atoms with van der Waals surface area (Å²) in [5.74, 6) is -0.176. The molecule has 3 aromatic rings. The number of rotatable bonds is 8. The molecule has 2 aliphatic carbocycles. The van der Waals surface area contributed by atoms with Crippen LogP contribution in [0.25, 0.3) is 16.8 Å². The van der Waals surface area contributed by atoms with Crippen molar-refractivity contribution in [3.05, 3.63) is 66.0 Å². The Morgan fingerprint density at radius 3 is 2.24 bits per heavy atom. The van der Waals surface area contributed by atoms with Crippen LogP contribution in [0.4, 0.5) is 18.9 Å². The Labute approximate surface area is 260 Å². The van der Waals surface area contributed by atoms with Gasteiger partial charge in [-0.15, -0.1) is 0 Å². The molecule has 1 N–H and O–H groups in total. The van der Waals surface area contributed by atoms with Crippen molar-refractivity contribution in [2.45, 2.75) is 63.1 Å².